The number of hydrogen-bond acceptors (Lipinski definition) is 3. The van der Waals surface area contributed by atoms with Gasteiger partial charge in [-0.3, -0.25) is 9.59 Å². The van der Waals surface area contributed by atoms with Crippen molar-refractivity contribution in [3.05, 3.63) is 0 Å². The number of methoxy groups -OCH3 is 1. The third kappa shape index (κ3) is 1.17. The van der Waals surface area contributed by atoms with Crippen LogP contribution in [0.25, 0.3) is 0 Å². The molecule has 0 heterocycles. The van der Waals surface area contributed by atoms with Gasteiger partial charge in [0.1, 0.15) is 5.78 Å². The Morgan fingerprint density at radius 3 is 2.30 bits per heavy atom. The van der Waals surface area contributed by atoms with E-state index in [0.717, 1.165) is 0 Å². The SMILES string of the molecule is COC(=O)[C@H]1C[C@@H]1C(C)=O. The number of rotatable bonds is 2. The molecular weight excluding hydrogens is 132 g/mol. The maximum absolute atomic E-state index is 10.7. The van der Waals surface area contributed by atoms with E-state index in [2.05, 4.69) is 4.74 Å². The molecule has 0 unspecified atom stereocenters. The third-order valence-electron chi connectivity index (χ3n) is 1.82. The molecule has 3 nitrogen and oxygen atoms in total. The van der Waals surface area contributed by atoms with Crippen LogP contribution in [0, 0.1) is 11.8 Å². The van der Waals surface area contributed by atoms with Gasteiger partial charge in [0.05, 0.1) is 13.0 Å². The molecule has 0 aromatic heterocycles. The van der Waals surface area contributed by atoms with E-state index in [9.17, 15) is 9.59 Å². The monoisotopic (exact) mass is 142 g/mol. The van der Waals surface area contributed by atoms with Crippen LogP contribution >= 0.6 is 0 Å². The molecule has 0 aromatic rings. The molecule has 2 atom stereocenters. The lowest BCUT2D eigenvalue weighted by Gasteiger charge is -1.93. The van der Waals surface area contributed by atoms with E-state index in [1.807, 2.05) is 0 Å². The Bertz CT molecular complexity index is 174. The van der Waals surface area contributed by atoms with E-state index in [4.69, 9.17) is 0 Å². The van der Waals surface area contributed by atoms with Gasteiger partial charge in [-0.2, -0.15) is 0 Å². The third-order valence-corrected chi connectivity index (χ3v) is 1.82. The van der Waals surface area contributed by atoms with Crippen LogP contribution in [-0.4, -0.2) is 18.9 Å². The highest BCUT2D eigenvalue weighted by atomic mass is 16.5. The number of ketones is 1. The van der Waals surface area contributed by atoms with Crippen molar-refractivity contribution in [2.24, 2.45) is 11.8 Å². The fourth-order valence-electron chi connectivity index (χ4n) is 1.06. The predicted octanol–water partition coefficient (Wildman–Crippen LogP) is 0.384. The summed E-state index contributed by atoms with van der Waals surface area (Å²) in [6.45, 7) is 1.51. The van der Waals surface area contributed by atoms with E-state index >= 15 is 0 Å². The highest BCUT2D eigenvalue weighted by Gasteiger charge is 2.46. The first kappa shape index (κ1) is 7.25. The van der Waals surface area contributed by atoms with Crippen molar-refractivity contribution >= 4 is 11.8 Å². The van der Waals surface area contributed by atoms with Crippen LogP contribution in [0.5, 0.6) is 0 Å². The Labute approximate surface area is 59.4 Å². The lowest BCUT2D eigenvalue weighted by molar-refractivity contribution is -0.143. The highest BCUT2D eigenvalue weighted by Crippen LogP contribution is 2.39. The minimum atomic E-state index is -0.250. The van der Waals surface area contributed by atoms with Gasteiger partial charge in [0.25, 0.3) is 0 Å². The molecule has 0 aromatic carbocycles. The summed E-state index contributed by atoms with van der Waals surface area (Å²) in [6.07, 6.45) is 0.683. The van der Waals surface area contributed by atoms with Crippen LogP contribution in [0.2, 0.25) is 0 Å². The van der Waals surface area contributed by atoms with E-state index in [-0.39, 0.29) is 23.6 Å². The summed E-state index contributed by atoms with van der Waals surface area (Å²) < 4.78 is 4.46. The van der Waals surface area contributed by atoms with Gasteiger partial charge >= 0.3 is 5.97 Å². The van der Waals surface area contributed by atoms with E-state index in [1.165, 1.54) is 14.0 Å². The fourth-order valence-corrected chi connectivity index (χ4v) is 1.06. The number of esters is 1. The van der Waals surface area contributed by atoms with Crippen LogP contribution in [0.3, 0.4) is 0 Å². The van der Waals surface area contributed by atoms with Gasteiger partial charge in [0, 0.05) is 5.92 Å². The van der Waals surface area contributed by atoms with Crippen LogP contribution < -0.4 is 0 Å². The summed E-state index contributed by atoms with van der Waals surface area (Å²) in [7, 11) is 1.35. The minimum Gasteiger partial charge on any atom is -0.469 e. The zero-order chi connectivity index (χ0) is 7.72. The minimum absolute atomic E-state index is 0.0487. The fraction of sp³-hybridized carbons (Fsp3) is 0.714. The lowest BCUT2D eigenvalue weighted by Crippen LogP contribution is -2.07. The molecule has 1 aliphatic rings. The number of carbonyl (C=O) groups excluding carboxylic acids is 2. The van der Waals surface area contributed by atoms with Gasteiger partial charge in [-0.15, -0.1) is 0 Å². The molecule has 0 amide bonds. The highest BCUT2D eigenvalue weighted by molar-refractivity contribution is 5.89. The second-order valence-electron chi connectivity index (χ2n) is 2.58. The Morgan fingerprint density at radius 2 is 2.00 bits per heavy atom. The van der Waals surface area contributed by atoms with Crippen LogP contribution in [0.1, 0.15) is 13.3 Å². The second-order valence-corrected chi connectivity index (χ2v) is 2.58. The maximum Gasteiger partial charge on any atom is 0.309 e. The zero-order valence-electron chi connectivity index (χ0n) is 6.09. The van der Waals surface area contributed by atoms with Crippen molar-refractivity contribution in [2.45, 2.75) is 13.3 Å². The Morgan fingerprint density at radius 1 is 1.40 bits per heavy atom. The summed E-state index contributed by atoms with van der Waals surface area (Å²) in [5, 5.41) is 0. The molecule has 0 spiro atoms. The summed E-state index contributed by atoms with van der Waals surface area (Å²) in [5.74, 6) is -0.342. The standard InChI is InChI=1S/C7H10O3/c1-4(8)5-3-6(5)7(9)10-2/h5-6H,3H2,1-2H3/t5-,6+/m1/s1. The van der Waals surface area contributed by atoms with Crippen LogP contribution in [0.15, 0.2) is 0 Å². The predicted molar refractivity (Wildman–Crippen MR) is 34.3 cm³/mol. The molecule has 0 radical (unpaired) electrons. The summed E-state index contributed by atoms with van der Waals surface area (Å²) in [6, 6.07) is 0. The molecule has 1 fully saturated rings. The number of hydrogen-bond donors (Lipinski definition) is 0. The molecule has 0 saturated heterocycles. The first-order valence-electron chi connectivity index (χ1n) is 3.25. The average Bonchev–Trinajstić information content (AvgIpc) is 2.64. The Hall–Kier alpha value is -0.860. The number of ether oxygens (including phenoxy) is 1. The normalized spacial score (nSPS) is 29.4. The molecule has 1 aliphatic carbocycles. The summed E-state index contributed by atoms with van der Waals surface area (Å²) in [4.78, 5) is 21.3. The van der Waals surface area contributed by atoms with Gasteiger partial charge in [0.2, 0.25) is 0 Å². The van der Waals surface area contributed by atoms with Gasteiger partial charge in [-0.05, 0) is 13.3 Å². The van der Waals surface area contributed by atoms with Crippen molar-refractivity contribution in [1.29, 1.82) is 0 Å². The molecule has 56 valence electrons. The topological polar surface area (TPSA) is 43.4 Å². The largest absolute Gasteiger partial charge is 0.469 e. The van der Waals surface area contributed by atoms with Crippen molar-refractivity contribution in [1.82, 2.24) is 0 Å². The second kappa shape index (κ2) is 2.40. The van der Waals surface area contributed by atoms with Crippen molar-refractivity contribution < 1.29 is 14.3 Å². The Balaban J connectivity index is 2.38. The lowest BCUT2D eigenvalue weighted by atomic mass is 10.2. The van der Waals surface area contributed by atoms with Gasteiger partial charge in [-0.1, -0.05) is 0 Å². The van der Waals surface area contributed by atoms with Crippen LogP contribution in [0.4, 0.5) is 0 Å². The zero-order valence-corrected chi connectivity index (χ0v) is 6.09. The number of Topliss-reactive ketones (excluding diaryl/α,β-unsaturated/α-hetero) is 1. The van der Waals surface area contributed by atoms with E-state index < -0.39 is 0 Å². The van der Waals surface area contributed by atoms with Gasteiger partial charge in [0.15, 0.2) is 0 Å². The quantitative estimate of drug-likeness (QED) is 0.523. The molecule has 1 rings (SSSR count). The summed E-state index contributed by atoms with van der Waals surface area (Å²) >= 11 is 0. The molecule has 10 heavy (non-hydrogen) atoms. The van der Waals surface area contributed by atoms with E-state index in [0.29, 0.717) is 6.42 Å². The van der Waals surface area contributed by atoms with Crippen LogP contribution in [-0.2, 0) is 14.3 Å². The molecule has 1 saturated carbocycles. The molecular formula is C7H10O3. The molecule has 0 N–H and O–H groups in total. The van der Waals surface area contributed by atoms with E-state index in [1.54, 1.807) is 0 Å². The maximum atomic E-state index is 10.7. The Kier molecular flexibility index (Phi) is 1.74. The average molecular weight is 142 g/mol. The first-order chi connectivity index (χ1) is 4.66. The molecule has 0 aliphatic heterocycles. The first-order valence-corrected chi connectivity index (χ1v) is 3.25. The van der Waals surface area contributed by atoms with Crippen molar-refractivity contribution in [3.63, 3.8) is 0 Å². The van der Waals surface area contributed by atoms with Gasteiger partial charge in [-0.25, -0.2) is 0 Å². The smallest absolute Gasteiger partial charge is 0.309 e. The molecule has 0 bridgehead atoms. The van der Waals surface area contributed by atoms with Crippen molar-refractivity contribution in [2.75, 3.05) is 7.11 Å². The summed E-state index contributed by atoms with van der Waals surface area (Å²) in [5.41, 5.74) is 0. The molecule has 3 heteroatoms. The number of carbonyl (C=O) groups is 2. The van der Waals surface area contributed by atoms with Crippen molar-refractivity contribution in [3.8, 4) is 0 Å². The van der Waals surface area contributed by atoms with Gasteiger partial charge < -0.3 is 4.74 Å².